The molecule has 12 heavy (non-hydrogen) atoms. The van der Waals surface area contributed by atoms with Gasteiger partial charge in [-0.1, -0.05) is 0 Å². The van der Waals surface area contributed by atoms with Gasteiger partial charge in [0.1, 0.15) is 0 Å². The fourth-order valence-electron chi connectivity index (χ4n) is 0.474. The Morgan fingerprint density at radius 2 is 1.75 bits per heavy atom. The van der Waals surface area contributed by atoms with Crippen LogP contribution >= 0.6 is 0 Å². The van der Waals surface area contributed by atoms with Gasteiger partial charge in [-0.25, -0.2) is 0 Å². The van der Waals surface area contributed by atoms with E-state index in [2.05, 4.69) is 20.4 Å². The number of aromatic nitrogens is 2. The SMILES string of the molecule is O=C1C=CN=N1.c1ccnnc1. The smallest absolute Gasteiger partial charge is 0.266 e. The Hall–Kier alpha value is -1.91. The number of hydrogen-bond acceptors (Lipinski definition) is 4. The molecule has 1 aliphatic heterocycles. The zero-order valence-corrected chi connectivity index (χ0v) is 6.16. The lowest BCUT2D eigenvalue weighted by molar-refractivity contribution is -0.113. The lowest BCUT2D eigenvalue weighted by Crippen LogP contribution is -1.74. The molecule has 60 valence electrons. The summed E-state index contributed by atoms with van der Waals surface area (Å²) in [6.45, 7) is 0. The summed E-state index contributed by atoms with van der Waals surface area (Å²) >= 11 is 0. The minimum Gasteiger partial charge on any atom is -0.266 e. The Balaban J connectivity index is 0.000000120. The quantitative estimate of drug-likeness (QED) is 0.570. The standard InChI is InChI=1S/C4H4N2.C3H2N2O/c1-2-4-6-5-3-1;6-3-1-2-4-5-3/h1-4H;1-2H. The van der Waals surface area contributed by atoms with Crippen molar-refractivity contribution in [3.63, 3.8) is 0 Å². The van der Waals surface area contributed by atoms with Crippen LogP contribution in [0.3, 0.4) is 0 Å². The highest BCUT2D eigenvalue weighted by atomic mass is 16.1. The van der Waals surface area contributed by atoms with Crippen LogP contribution in [-0.4, -0.2) is 16.1 Å². The van der Waals surface area contributed by atoms with Crippen LogP contribution in [0, 0.1) is 0 Å². The van der Waals surface area contributed by atoms with Crippen molar-refractivity contribution in [1.82, 2.24) is 10.2 Å². The lowest BCUT2D eigenvalue weighted by atomic mass is 10.6. The second-order valence-corrected chi connectivity index (χ2v) is 1.78. The summed E-state index contributed by atoms with van der Waals surface area (Å²) in [5.74, 6) is -0.269. The van der Waals surface area contributed by atoms with Crippen molar-refractivity contribution in [2.45, 2.75) is 0 Å². The minimum absolute atomic E-state index is 0.269. The highest BCUT2D eigenvalue weighted by molar-refractivity contribution is 5.89. The third-order valence-electron chi connectivity index (χ3n) is 0.923. The van der Waals surface area contributed by atoms with E-state index in [-0.39, 0.29) is 5.91 Å². The van der Waals surface area contributed by atoms with Gasteiger partial charge in [0.2, 0.25) is 0 Å². The monoisotopic (exact) mass is 162 g/mol. The molecule has 0 unspecified atom stereocenters. The maximum atomic E-state index is 9.90. The molecule has 0 aliphatic carbocycles. The number of hydrogen-bond donors (Lipinski definition) is 0. The summed E-state index contributed by atoms with van der Waals surface area (Å²) in [5, 5.41) is 13.4. The largest absolute Gasteiger partial charge is 0.289 e. The third kappa shape index (κ3) is 3.31. The average molecular weight is 162 g/mol. The van der Waals surface area contributed by atoms with Crippen molar-refractivity contribution >= 4 is 5.91 Å². The Morgan fingerprint density at radius 1 is 1.08 bits per heavy atom. The van der Waals surface area contributed by atoms with Crippen molar-refractivity contribution < 1.29 is 4.79 Å². The molecule has 5 heteroatoms. The Kier molecular flexibility index (Phi) is 3.30. The van der Waals surface area contributed by atoms with Gasteiger partial charge in [-0.15, -0.1) is 5.11 Å². The topological polar surface area (TPSA) is 67.6 Å². The molecule has 0 aromatic carbocycles. The molecular weight excluding hydrogens is 156 g/mol. The molecule has 0 radical (unpaired) electrons. The highest BCUT2D eigenvalue weighted by Gasteiger charge is 1.92. The zero-order chi connectivity index (χ0) is 8.65. The second-order valence-electron chi connectivity index (χ2n) is 1.78. The molecule has 0 fully saturated rings. The molecular formula is C7H6N4O. The molecule has 0 atom stereocenters. The first kappa shape index (κ1) is 8.19. The predicted molar refractivity (Wildman–Crippen MR) is 41.0 cm³/mol. The van der Waals surface area contributed by atoms with Gasteiger partial charge in [0.25, 0.3) is 5.91 Å². The number of carbonyl (C=O) groups is 1. The summed E-state index contributed by atoms with van der Waals surface area (Å²) in [6.07, 6.45) is 5.95. The summed E-state index contributed by atoms with van der Waals surface area (Å²) in [4.78, 5) is 9.90. The normalized spacial score (nSPS) is 12.5. The Bertz CT molecular complexity index is 253. The van der Waals surface area contributed by atoms with E-state index in [1.165, 1.54) is 12.3 Å². The van der Waals surface area contributed by atoms with Gasteiger partial charge in [-0.05, 0) is 12.1 Å². The molecule has 2 rings (SSSR count). The summed E-state index contributed by atoms with van der Waals surface area (Å²) < 4.78 is 0. The van der Waals surface area contributed by atoms with Crippen molar-refractivity contribution in [3.05, 3.63) is 36.8 Å². The van der Waals surface area contributed by atoms with Gasteiger partial charge in [-0.2, -0.15) is 15.3 Å². The van der Waals surface area contributed by atoms with E-state index in [0.29, 0.717) is 0 Å². The summed E-state index contributed by atoms with van der Waals surface area (Å²) in [7, 11) is 0. The molecule has 0 saturated heterocycles. The summed E-state index contributed by atoms with van der Waals surface area (Å²) in [6, 6.07) is 3.65. The minimum atomic E-state index is -0.269. The van der Waals surface area contributed by atoms with E-state index in [9.17, 15) is 4.79 Å². The molecule has 1 amide bonds. The molecule has 1 aromatic rings. The molecule has 0 bridgehead atoms. The Morgan fingerprint density at radius 3 is 1.92 bits per heavy atom. The van der Waals surface area contributed by atoms with Crippen molar-refractivity contribution in [2.24, 2.45) is 10.2 Å². The van der Waals surface area contributed by atoms with Crippen molar-refractivity contribution in [2.75, 3.05) is 0 Å². The van der Waals surface area contributed by atoms with E-state index >= 15 is 0 Å². The van der Waals surface area contributed by atoms with Gasteiger partial charge in [0, 0.05) is 18.5 Å². The molecule has 5 nitrogen and oxygen atoms in total. The van der Waals surface area contributed by atoms with Crippen LogP contribution in [0.5, 0.6) is 0 Å². The van der Waals surface area contributed by atoms with E-state index in [1.54, 1.807) is 12.4 Å². The van der Waals surface area contributed by atoms with Crippen LogP contribution in [0.1, 0.15) is 0 Å². The van der Waals surface area contributed by atoms with E-state index in [1.807, 2.05) is 12.1 Å². The predicted octanol–water partition coefficient (Wildman–Crippen LogP) is 0.969. The average Bonchev–Trinajstić information content (AvgIpc) is 2.60. The second kappa shape index (κ2) is 4.84. The van der Waals surface area contributed by atoms with Gasteiger partial charge in [0.15, 0.2) is 0 Å². The van der Waals surface area contributed by atoms with Crippen molar-refractivity contribution in [1.29, 1.82) is 0 Å². The van der Waals surface area contributed by atoms with E-state index in [4.69, 9.17) is 0 Å². The molecule has 1 aliphatic rings. The van der Waals surface area contributed by atoms with Crippen LogP contribution in [0.4, 0.5) is 0 Å². The number of nitrogens with zero attached hydrogens (tertiary/aromatic N) is 4. The number of azo groups is 1. The van der Waals surface area contributed by atoms with Crippen LogP contribution in [0.25, 0.3) is 0 Å². The van der Waals surface area contributed by atoms with Crippen LogP contribution in [-0.2, 0) is 4.79 Å². The maximum absolute atomic E-state index is 9.90. The molecule has 2 heterocycles. The molecule has 0 saturated carbocycles. The number of amides is 1. The first-order valence-corrected chi connectivity index (χ1v) is 3.22. The highest BCUT2D eigenvalue weighted by Crippen LogP contribution is 1.90. The third-order valence-corrected chi connectivity index (χ3v) is 0.923. The first-order chi connectivity index (χ1) is 5.89. The van der Waals surface area contributed by atoms with Gasteiger partial charge >= 0.3 is 0 Å². The fourth-order valence-corrected chi connectivity index (χ4v) is 0.474. The van der Waals surface area contributed by atoms with E-state index in [0.717, 1.165) is 0 Å². The zero-order valence-electron chi connectivity index (χ0n) is 6.16. The summed E-state index contributed by atoms with van der Waals surface area (Å²) in [5.41, 5.74) is 0. The number of carbonyl (C=O) groups excluding carboxylic acids is 1. The maximum Gasteiger partial charge on any atom is 0.289 e. The first-order valence-electron chi connectivity index (χ1n) is 3.22. The van der Waals surface area contributed by atoms with E-state index < -0.39 is 0 Å². The number of rotatable bonds is 0. The van der Waals surface area contributed by atoms with Crippen molar-refractivity contribution in [3.8, 4) is 0 Å². The van der Waals surface area contributed by atoms with Gasteiger partial charge in [-0.3, -0.25) is 4.79 Å². The fraction of sp³-hybridized carbons (Fsp3) is 0. The van der Waals surface area contributed by atoms with Crippen LogP contribution in [0.2, 0.25) is 0 Å². The molecule has 0 N–H and O–H groups in total. The molecule has 0 spiro atoms. The van der Waals surface area contributed by atoms with Gasteiger partial charge < -0.3 is 0 Å². The molecule has 1 aromatic heterocycles. The van der Waals surface area contributed by atoms with Crippen LogP contribution in [0.15, 0.2) is 47.0 Å². The lowest BCUT2D eigenvalue weighted by Gasteiger charge is -1.69. The van der Waals surface area contributed by atoms with Crippen LogP contribution < -0.4 is 0 Å². The Labute approximate surface area is 68.9 Å². The van der Waals surface area contributed by atoms with Gasteiger partial charge in [0.05, 0.1) is 6.20 Å².